The minimum absolute atomic E-state index is 0.306. The van der Waals surface area contributed by atoms with Crippen LogP contribution in [0.5, 0.6) is 0 Å². The van der Waals surface area contributed by atoms with Crippen LogP contribution >= 0.6 is 0 Å². The highest BCUT2D eigenvalue weighted by atomic mass is 28.3. The summed E-state index contributed by atoms with van der Waals surface area (Å²) < 4.78 is 52.9. The maximum absolute atomic E-state index is 13.5. The zero-order chi connectivity index (χ0) is 13.3. The topological polar surface area (TPSA) is 20.2 Å². The Morgan fingerprint density at radius 1 is 0.722 bits per heavy atom. The molecule has 1 nitrogen and oxygen atoms in total. The Bertz CT molecular complexity index is 537. The van der Waals surface area contributed by atoms with Gasteiger partial charge in [0.2, 0.25) is 9.04 Å². The summed E-state index contributed by atoms with van der Waals surface area (Å²) in [5.74, 6) is -4.70. The normalized spacial score (nSPS) is 11.0. The van der Waals surface area contributed by atoms with Crippen LogP contribution < -0.4 is 10.4 Å². The van der Waals surface area contributed by atoms with E-state index in [2.05, 4.69) is 0 Å². The standard InChI is InChI=1S/C12H8F4OSi/c13-7-3-1-5-9(11(7)15)18(17)10-6-2-4-8(14)12(10)16/h1-6,17-18H. The minimum Gasteiger partial charge on any atom is -0.426 e. The molecule has 2 rings (SSSR count). The van der Waals surface area contributed by atoms with E-state index >= 15 is 0 Å². The summed E-state index contributed by atoms with van der Waals surface area (Å²) in [6, 6.07) is 6.53. The zero-order valence-corrected chi connectivity index (χ0v) is 10.2. The van der Waals surface area contributed by atoms with Gasteiger partial charge in [-0.15, -0.1) is 0 Å². The van der Waals surface area contributed by atoms with Crippen LogP contribution in [-0.4, -0.2) is 13.8 Å². The lowest BCUT2D eigenvalue weighted by molar-refractivity contribution is 0.505. The molecule has 94 valence electrons. The summed E-state index contributed by atoms with van der Waals surface area (Å²) in [5.41, 5.74) is 0. The summed E-state index contributed by atoms with van der Waals surface area (Å²) in [5, 5.41) is -0.612. The lowest BCUT2D eigenvalue weighted by Gasteiger charge is -2.11. The first-order chi connectivity index (χ1) is 8.52. The highest BCUT2D eigenvalue weighted by molar-refractivity contribution is 6.79. The van der Waals surface area contributed by atoms with Gasteiger partial charge < -0.3 is 4.80 Å². The van der Waals surface area contributed by atoms with Crippen molar-refractivity contribution in [1.29, 1.82) is 0 Å². The first-order valence-electron chi connectivity index (χ1n) is 5.08. The van der Waals surface area contributed by atoms with Crippen LogP contribution in [0.2, 0.25) is 0 Å². The SMILES string of the molecule is O[SiH](c1cccc(F)c1F)c1cccc(F)c1F. The van der Waals surface area contributed by atoms with Gasteiger partial charge in [0, 0.05) is 10.4 Å². The lowest BCUT2D eigenvalue weighted by atomic mass is 10.3. The Balaban J connectivity index is 2.51. The Morgan fingerprint density at radius 2 is 1.11 bits per heavy atom. The summed E-state index contributed by atoms with van der Waals surface area (Å²) in [4.78, 5) is 9.93. The summed E-state index contributed by atoms with van der Waals surface area (Å²) in [6.45, 7) is 0. The molecule has 0 heterocycles. The van der Waals surface area contributed by atoms with Crippen LogP contribution in [0.25, 0.3) is 0 Å². The Morgan fingerprint density at radius 3 is 1.50 bits per heavy atom. The third-order valence-electron chi connectivity index (χ3n) is 2.55. The molecule has 0 radical (unpaired) electrons. The van der Waals surface area contributed by atoms with E-state index in [1.807, 2.05) is 0 Å². The second-order valence-corrected chi connectivity index (χ2v) is 5.74. The molecule has 0 saturated carbocycles. The van der Waals surface area contributed by atoms with Gasteiger partial charge in [0.15, 0.2) is 23.3 Å². The van der Waals surface area contributed by atoms with E-state index in [4.69, 9.17) is 0 Å². The van der Waals surface area contributed by atoms with Crippen LogP contribution in [0.4, 0.5) is 17.6 Å². The van der Waals surface area contributed by atoms with E-state index in [1.54, 1.807) is 0 Å². The Kier molecular flexibility index (Phi) is 3.49. The predicted octanol–water partition coefficient (Wildman–Crippen LogP) is 1.07. The third-order valence-corrected chi connectivity index (χ3v) is 4.62. The average Bonchev–Trinajstić information content (AvgIpc) is 2.35. The van der Waals surface area contributed by atoms with E-state index < -0.39 is 32.3 Å². The molecule has 1 N–H and O–H groups in total. The first-order valence-corrected chi connectivity index (χ1v) is 6.75. The molecule has 0 amide bonds. The molecule has 0 unspecified atom stereocenters. The number of hydrogen-bond acceptors (Lipinski definition) is 1. The van der Waals surface area contributed by atoms with Gasteiger partial charge in [-0.05, 0) is 12.1 Å². The van der Waals surface area contributed by atoms with E-state index in [9.17, 15) is 22.4 Å². The van der Waals surface area contributed by atoms with Crippen molar-refractivity contribution in [2.75, 3.05) is 0 Å². The fourth-order valence-corrected chi connectivity index (χ4v) is 3.31. The average molecular weight is 272 g/mol. The quantitative estimate of drug-likeness (QED) is 0.640. The molecule has 0 bridgehead atoms. The highest BCUT2D eigenvalue weighted by Crippen LogP contribution is 2.06. The molecule has 0 atom stereocenters. The van der Waals surface area contributed by atoms with Gasteiger partial charge >= 0.3 is 0 Å². The van der Waals surface area contributed by atoms with E-state index in [0.717, 1.165) is 12.1 Å². The second kappa shape index (κ2) is 4.91. The molecule has 0 aliphatic heterocycles. The van der Waals surface area contributed by atoms with Crippen LogP contribution in [0.1, 0.15) is 0 Å². The molecule has 0 saturated heterocycles. The summed E-state index contributed by atoms with van der Waals surface area (Å²) >= 11 is 0. The predicted molar refractivity (Wildman–Crippen MR) is 61.4 cm³/mol. The van der Waals surface area contributed by atoms with Crippen molar-refractivity contribution in [3.63, 3.8) is 0 Å². The van der Waals surface area contributed by atoms with Crippen molar-refractivity contribution in [1.82, 2.24) is 0 Å². The molecule has 0 spiro atoms. The van der Waals surface area contributed by atoms with E-state index in [1.165, 1.54) is 24.3 Å². The molecule has 0 aromatic heterocycles. The fraction of sp³-hybridized carbons (Fsp3) is 0. The smallest absolute Gasteiger partial charge is 0.242 e. The van der Waals surface area contributed by atoms with Crippen molar-refractivity contribution in [3.8, 4) is 0 Å². The molecule has 0 aliphatic carbocycles. The van der Waals surface area contributed by atoms with Crippen LogP contribution in [0, 0.1) is 23.3 Å². The first kappa shape index (κ1) is 12.8. The maximum atomic E-state index is 13.5. The van der Waals surface area contributed by atoms with Crippen LogP contribution in [0.15, 0.2) is 36.4 Å². The van der Waals surface area contributed by atoms with Crippen molar-refractivity contribution >= 4 is 19.4 Å². The highest BCUT2D eigenvalue weighted by Gasteiger charge is 2.24. The van der Waals surface area contributed by atoms with Gasteiger partial charge in [0.25, 0.3) is 0 Å². The molecule has 0 aliphatic rings. The van der Waals surface area contributed by atoms with E-state index in [0.29, 0.717) is 0 Å². The van der Waals surface area contributed by atoms with Crippen molar-refractivity contribution in [3.05, 3.63) is 59.7 Å². The largest absolute Gasteiger partial charge is 0.426 e. The van der Waals surface area contributed by atoms with Gasteiger partial charge in [-0.25, -0.2) is 17.6 Å². The lowest BCUT2D eigenvalue weighted by Crippen LogP contribution is -2.46. The molecular formula is C12H8F4OSi. The van der Waals surface area contributed by atoms with Gasteiger partial charge in [0.05, 0.1) is 0 Å². The van der Waals surface area contributed by atoms with Crippen LogP contribution in [-0.2, 0) is 0 Å². The van der Waals surface area contributed by atoms with Gasteiger partial charge in [0.1, 0.15) is 0 Å². The molecule has 2 aromatic rings. The molecule has 6 heteroatoms. The Hall–Kier alpha value is -1.66. The van der Waals surface area contributed by atoms with Crippen molar-refractivity contribution in [2.24, 2.45) is 0 Å². The summed E-state index contributed by atoms with van der Waals surface area (Å²) in [6.07, 6.45) is 0. The number of hydrogen-bond donors (Lipinski definition) is 1. The van der Waals surface area contributed by atoms with Gasteiger partial charge in [-0.3, -0.25) is 0 Å². The van der Waals surface area contributed by atoms with E-state index in [-0.39, 0.29) is 10.4 Å². The van der Waals surface area contributed by atoms with Crippen molar-refractivity contribution < 1.29 is 22.4 Å². The Labute approximate surface area is 102 Å². The van der Waals surface area contributed by atoms with Crippen LogP contribution in [0.3, 0.4) is 0 Å². The zero-order valence-electron chi connectivity index (χ0n) is 9.00. The van der Waals surface area contributed by atoms with Gasteiger partial charge in [-0.2, -0.15) is 0 Å². The summed E-state index contributed by atoms with van der Waals surface area (Å²) in [7, 11) is -3.28. The number of rotatable bonds is 2. The molecule has 2 aromatic carbocycles. The van der Waals surface area contributed by atoms with Crippen molar-refractivity contribution in [2.45, 2.75) is 0 Å². The molecular weight excluding hydrogens is 264 g/mol. The second-order valence-electron chi connectivity index (χ2n) is 3.69. The maximum Gasteiger partial charge on any atom is 0.242 e. The number of halogens is 4. The number of benzene rings is 2. The minimum atomic E-state index is -3.28. The molecule has 0 fully saturated rings. The monoisotopic (exact) mass is 272 g/mol. The van der Waals surface area contributed by atoms with Gasteiger partial charge in [-0.1, -0.05) is 24.3 Å². The fourth-order valence-electron chi connectivity index (χ4n) is 1.63. The molecule has 18 heavy (non-hydrogen) atoms. The third kappa shape index (κ3) is 2.16.